The first kappa shape index (κ1) is 18.9. The fraction of sp³-hybridized carbons (Fsp3) is 0.600. The number of anilines is 1. The number of carbonyl (C=O) groups is 2. The predicted octanol–water partition coefficient (Wildman–Crippen LogP) is 2.31. The standard InChI is InChI=1S/C20H29N3O3/c1-13-7-9-23(10-8-13)20(25)15-3-5-17(14(2)11-15)22-19(24)18-6-4-16(12-21)26-18/h3,5,11,13,16,18H,4,6-10,12,21H2,1-2H3,(H,22,24)/t16-,18+/m1/s1. The smallest absolute Gasteiger partial charge is 0.253 e. The number of likely N-dealkylation sites (tertiary alicyclic amines) is 1. The Morgan fingerprint density at radius 3 is 2.58 bits per heavy atom. The summed E-state index contributed by atoms with van der Waals surface area (Å²) in [5, 5.41) is 2.92. The Morgan fingerprint density at radius 2 is 1.96 bits per heavy atom. The third kappa shape index (κ3) is 4.24. The van der Waals surface area contributed by atoms with Crippen LogP contribution in [0.4, 0.5) is 5.69 Å². The zero-order valence-corrected chi connectivity index (χ0v) is 15.7. The van der Waals surface area contributed by atoms with E-state index in [0.29, 0.717) is 24.4 Å². The number of hydrogen-bond donors (Lipinski definition) is 2. The zero-order valence-electron chi connectivity index (χ0n) is 15.7. The van der Waals surface area contributed by atoms with Crippen LogP contribution in [0.1, 0.15) is 48.5 Å². The number of ether oxygens (including phenoxy) is 1. The number of nitrogens with one attached hydrogen (secondary N) is 1. The number of benzene rings is 1. The lowest BCUT2D eigenvalue weighted by Gasteiger charge is -2.30. The molecule has 3 N–H and O–H groups in total. The van der Waals surface area contributed by atoms with Crippen LogP contribution in [-0.4, -0.2) is 48.6 Å². The summed E-state index contributed by atoms with van der Waals surface area (Å²) in [5.41, 5.74) is 7.87. The molecule has 142 valence electrons. The molecule has 2 aliphatic heterocycles. The van der Waals surface area contributed by atoms with Gasteiger partial charge in [-0.05, 0) is 62.3 Å². The third-order valence-electron chi connectivity index (χ3n) is 5.46. The van der Waals surface area contributed by atoms with Crippen molar-refractivity contribution in [3.63, 3.8) is 0 Å². The maximum absolute atomic E-state index is 12.7. The molecule has 0 saturated carbocycles. The minimum atomic E-state index is -0.445. The summed E-state index contributed by atoms with van der Waals surface area (Å²) in [5.74, 6) is 0.617. The van der Waals surface area contributed by atoms with Gasteiger partial charge in [-0.25, -0.2) is 0 Å². The van der Waals surface area contributed by atoms with Crippen LogP contribution in [0.5, 0.6) is 0 Å². The second kappa shape index (κ2) is 8.18. The van der Waals surface area contributed by atoms with Gasteiger partial charge < -0.3 is 20.7 Å². The first-order chi connectivity index (χ1) is 12.5. The third-order valence-corrected chi connectivity index (χ3v) is 5.46. The Bertz CT molecular complexity index is 668. The summed E-state index contributed by atoms with van der Waals surface area (Å²) < 4.78 is 5.64. The van der Waals surface area contributed by atoms with Gasteiger partial charge in [-0.2, -0.15) is 0 Å². The van der Waals surface area contributed by atoms with Crippen molar-refractivity contribution in [2.75, 3.05) is 25.0 Å². The SMILES string of the molecule is Cc1cc(C(=O)N2CCC(C)CC2)ccc1NC(=O)[C@@H]1CC[C@H](CN)O1. The average molecular weight is 359 g/mol. The van der Waals surface area contributed by atoms with Crippen molar-refractivity contribution >= 4 is 17.5 Å². The van der Waals surface area contributed by atoms with Crippen LogP contribution in [0.2, 0.25) is 0 Å². The lowest BCUT2D eigenvalue weighted by molar-refractivity contribution is -0.126. The summed E-state index contributed by atoms with van der Waals surface area (Å²) in [7, 11) is 0. The Hall–Kier alpha value is -1.92. The van der Waals surface area contributed by atoms with Crippen LogP contribution in [0.3, 0.4) is 0 Å². The van der Waals surface area contributed by atoms with E-state index in [9.17, 15) is 9.59 Å². The number of carbonyl (C=O) groups excluding carboxylic acids is 2. The van der Waals surface area contributed by atoms with Crippen LogP contribution < -0.4 is 11.1 Å². The molecule has 26 heavy (non-hydrogen) atoms. The molecule has 2 aliphatic rings. The van der Waals surface area contributed by atoms with Crippen molar-refractivity contribution in [1.82, 2.24) is 4.90 Å². The van der Waals surface area contributed by atoms with Crippen molar-refractivity contribution in [3.05, 3.63) is 29.3 Å². The van der Waals surface area contributed by atoms with Gasteiger partial charge in [0.2, 0.25) is 0 Å². The van der Waals surface area contributed by atoms with E-state index in [4.69, 9.17) is 10.5 Å². The van der Waals surface area contributed by atoms with Gasteiger partial charge in [0.15, 0.2) is 0 Å². The van der Waals surface area contributed by atoms with E-state index >= 15 is 0 Å². The first-order valence-corrected chi connectivity index (χ1v) is 9.54. The average Bonchev–Trinajstić information content (AvgIpc) is 3.13. The molecule has 2 saturated heterocycles. The molecule has 0 unspecified atom stereocenters. The fourth-order valence-corrected chi connectivity index (χ4v) is 3.62. The summed E-state index contributed by atoms with van der Waals surface area (Å²) >= 11 is 0. The van der Waals surface area contributed by atoms with Crippen LogP contribution in [-0.2, 0) is 9.53 Å². The number of amides is 2. The Morgan fingerprint density at radius 1 is 1.23 bits per heavy atom. The molecule has 2 heterocycles. The molecule has 2 atom stereocenters. The quantitative estimate of drug-likeness (QED) is 0.864. The lowest BCUT2D eigenvalue weighted by atomic mass is 9.98. The lowest BCUT2D eigenvalue weighted by Crippen LogP contribution is -2.37. The number of nitrogens with two attached hydrogens (primary N) is 1. The molecule has 0 bridgehead atoms. The van der Waals surface area contributed by atoms with Crippen molar-refractivity contribution < 1.29 is 14.3 Å². The van der Waals surface area contributed by atoms with E-state index < -0.39 is 6.10 Å². The zero-order chi connectivity index (χ0) is 18.7. The van der Waals surface area contributed by atoms with Crippen molar-refractivity contribution in [2.24, 2.45) is 11.7 Å². The highest BCUT2D eigenvalue weighted by Crippen LogP contribution is 2.24. The molecule has 3 rings (SSSR count). The topological polar surface area (TPSA) is 84.7 Å². The maximum Gasteiger partial charge on any atom is 0.253 e. The van der Waals surface area contributed by atoms with E-state index in [0.717, 1.165) is 43.6 Å². The molecule has 1 aromatic rings. The van der Waals surface area contributed by atoms with Gasteiger partial charge in [0.1, 0.15) is 6.10 Å². The molecular weight excluding hydrogens is 330 g/mol. The molecule has 2 fully saturated rings. The van der Waals surface area contributed by atoms with Crippen molar-refractivity contribution in [2.45, 2.75) is 51.7 Å². The van der Waals surface area contributed by atoms with E-state index in [1.54, 1.807) is 6.07 Å². The highest BCUT2D eigenvalue weighted by molar-refractivity contribution is 5.97. The Kier molecular flexibility index (Phi) is 5.94. The van der Waals surface area contributed by atoms with E-state index in [1.165, 1.54) is 0 Å². The van der Waals surface area contributed by atoms with E-state index in [1.807, 2.05) is 24.0 Å². The van der Waals surface area contributed by atoms with Gasteiger partial charge in [0.25, 0.3) is 11.8 Å². The second-order valence-corrected chi connectivity index (χ2v) is 7.55. The summed E-state index contributed by atoms with van der Waals surface area (Å²) in [6, 6.07) is 5.46. The van der Waals surface area contributed by atoms with Crippen LogP contribution in [0, 0.1) is 12.8 Å². The number of nitrogens with zero attached hydrogens (tertiary/aromatic N) is 1. The molecule has 0 aliphatic carbocycles. The molecule has 1 aromatic carbocycles. The van der Waals surface area contributed by atoms with Crippen molar-refractivity contribution in [3.8, 4) is 0 Å². The van der Waals surface area contributed by atoms with Crippen molar-refractivity contribution in [1.29, 1.82) is 0 Å². The molecule has 6 nitrogen and oxygen atoms in total. The molecule has 0 aromatic heterocycles. The summed E-state index contributed by atoms with van der Waals surface area (Å²) in [6.07, 6.45) is 3.15. The fourth-order valence-electron chi connectivity index (χ4n) is 3.62. The Labute approximate surface area is 155 Å². The van der Waals surface area contributed by atoms with Crippen LogP contribution >= 0.6 is 0 Å². The molecule has 0 spiro atoms. The molecule has 0 radical (unpaired) electrons. The van der Waals surface area contributed by atoms with Gasteiger partial charge in [0.05, 0.1) is 6.10 Å². The normalized spacial score (nSPS) is 23.9. The van der Waals surface area contributed by atoms with Gasteiger partial charge >= 0.3 is 0 Å². The summed E-state index contributed by atoms with van der Waals surface area (Å²) in [4.78, 5) is 27.0. The number of rotatable bonds is 4. The predicted molar refractivity (Wildman–Crippen MR) is 101 cm³/mol. The van der Waals surface area contributed by atoms with Gasteiger partial charge in [-0.1, -0.05) is 6.92 Å². The van der Waals surface area contributed by atoms with Crippen LogP contribution in [0.25, 0.3) is 0 Å². The highest BCUT2D eigenvalue weighted by Gasteiger charge is 2.30. The van der Waals surface area contributed by atoms with Gasteiger partial charge in [-0.15, -0.1) is 0 Å². The number of hydrogen-bond acceptors (Lipinski definition) is 4. The van der Waals surface area contributed by atoms with E-state index in [-0.39, 0.29) is 17.9 Å². The van der Waals surface area contributed by atoms with Crippen LogP contribution in [0.15, 0.2) is 18.2 Å². The first-order valence-electron chi connectivity index (χ1n) is 9.54. The minimum absolute atomic E-state index is 0.0286. The molecule has 2 amide bonds. The van der Waals surface area contributed by atoms with Gasteiger partial charge in [0, 0.05) is 30.9 Å². The largest absolute Gasteiger partial charge is 0.364 e. The molecular formula is C20H29N3O3. The highest BCUT2D eigenvalue weighted by atomic mass is 16.5. The number of aryl methyl sites for hydroxylation is 1. The monoisotopic (exact) mass is 359 g/mol. The summed E-state index contributed by atoms with van der Waals surface area (Å²) in [6.45, 7) is 6.21. The Balaban J connectivity index is 1.62. The van der Waals surface area contributed by atoms with Gasteiger partial charge in [-0.3, -0.25) is 9.59 Å². The molecule has 6 heteroatoms. The number of piperidine rings is 1. The van der Waals surface area contributed by atoms with E-state index in [2.05, 4.69) is 12.2 Å². The maximum atomic E-state index is 12.7. The second-order valence-electron chi connectivity index (χ2n) is 7.55. The minimum Gasteiger partial charge on any atom is -0.364 e.